The van der Waals surface area contributed by atoms with Crippen LogP contribution in [-0.4, -0.2) is 11.0 Å². The maximum atomic E-state index is 13.6. The number of aromatic hydroxyl groups is 1. The Morgan fingerprint density at radius 1 is 1.20 bits per heavy atom. The van der Waals surface area contributed by atoms with Crippen molar-refractivity contribution in [3.05, 3.63) is 57.9 Å². The molecule has 0 bridgehead atoms. The molecule has 0 aliphatic carbocycles. The smallest absolute Gasteiger partial charge is 0.255 e. The van der Waals surface area contributed by atoms with E-state index in [0.29, 0.717) is 5.56 Å². The number of carbonyl (C=O) groups excluding carboxylic acids is 1. The van der Waals surface area contributed by atoms with Crippen molar-refractivity contribution in [3.63, 3.8) is 0 Å². The number of phenolic OH excluding ortho intramolecular Hbond substituents is 1. The summed E-state index contributed by atoms with van der Waals surface area (Å²) >= 11 is 5.69. The maximum absolute atomic E-state index is 13.6. The number of hydrogen-bond donors (Lipinski definition) is 2. The van der Waals surface area contributed by atoms with Gasteiger partial charge in [0.05, 0.1) is 10.7 Å². The Bertz CT molecular complexity index is 686. The molecule has 20 heavy (non-hydrogen) atoms. The molecule has 0 spiro atoms. The van der Waals surface area contributed by atoms with Gasteiger partial charge in [0.15, 0.2) is 5.82 Å². The Kier molecular flexibility index (Phi) is 3.95. The van der Waals surface area contributed by atoms with E-state index in [1.54, 1.807) is 12.1 Å². The predicted octanol–water partition coefficient (Wildman–Crippen LogP) is 4.05. The molecular formula is C15H13ClFNO2. The number of anilines is 1. The first-order valence-electron chi connectivity index (χ1n) is 5.95. The van der Waals surface area contributed by atoms with Gasteiger partial charge in [-0.1, -0.05) is 17.7 Å². The fourth-order valence-corrected chi connectivity index (χ4v) is 1.87. The second-order valence-electron chi connectivity index (χ2n) is 4.54. The van der Waals surface area contributed by atoms with Gasteiger partial charge in [-0.2, -0.15) is 0 Å². The predicted molar refractivity (Wildman–Crippen MR) is 76.9 cm³/mol. The topological polar surface area (TPSA) is 49.3 Å². The lowest BCUT2D eigenvalue weighted by Gasteiger charge is -2.09. The van der Waals surface area contributed by atoms with Crippen molar-refractivity contribution in [2.24, 2.45) is 0 Å². The highest BCUT2D eigenvalue weighted by atomic mass is 35.5. The highest BCUT2D eigenvalue weighted by molar-refractivity contribution is 6.32. The van der Waals surface area contributed by atoms with Gasteiger partial charge in [-0.05, 0) is 43.2 Å². The van der Waals surface area contributed by atoms with Crippen LogP contribution in [-0.2, 0) is 0 Å². The number of rotatable bonds is 2. The molecule has 0 aliphatic heterocycles. The van der Waals surface area contributed by atoms with Gasteiger partial charge < -0.3 is 10.4 Å². The molecule has 2 N–H and O–H groups in total. The summed E-state index contributed by atoms with van der Waals surface area (Å²) in [5, 5.41) is 11.7. The molecule has 3 nitrogen and oxygen atoms in total. The molecule has 0 saturated carbocycles. The van der Waals surface area contributed by atoms with Crippen molar-refractivity contribution in [2.45, 2.75) is 13.8 Å². The first kappa shape index (κ1) is 14.3. The number of aryl methyl sites for hydroxylation is 2. The van der Waals surface area contributed by atoms with Gasteiger partial charge in [0.1, 0.15) is 5.75 Å². The molecule has 2 aromatic rings. The second-order valence-corrected chi connectivity index (χ2v) is 4.94. The number of halogens is 2. The van der Waals surface area contributed by atoms with Crippen LogP contribution in [0.25, 0.3) is 0 Å². The van der Waals surface area contributed by atoms with E-state index < -0.39 is 11.7 Å². The standard InChI is InChI=1S/C15H13ClFNO2/c1-8-3-4-10(5-9(8)2)15(20)18-13-6-11(16)14(19)7-12(13)17/h3-7,19H,1-2H3,(H,18,20). The molecule has 0 aliphatic rings. The average Bonchev–Trinajstić information content (AvgIpc) is 2.39. The second kappa shape index (κ2) is 5.51. The van der Waals surface area contributed by atoms with Crippen LogP contribution in [0.2, 0.25) is 5.02 Å². The van der Waals surface area contributed by atoms with Gasteiger partial charge in [-0.15, -0.1) is 0 Å². The van der Waals surface area contributed by atoms with E-state index >= 15 is 0 Å². The SMILES string of the molecule is Cc1ccc(C(=O)Nc2cc(Cl)c(O)cc2F)cc1C. The zero-order valence-electron chi connectivity index (χ0n) is 11.0. The summed E-state index contributed by atoms with van der Waals surface area (Å²) in [7, 11) is 0. The van der Waals surface area contributed by atoms with E-state index in [1.807, 2.05) is 19.9 Å². The van der Waals surface area contributed by atoms with Crippen LogP contribution >= 0.6 is 11.6 Å². The Morgan fingerprint density at radius 2 is 1.90 bits per heavy atom. The van der Waals surface area contributed by atoms with Gasteiger partial charge >= 0.3 is 0 Å². The summed E-state index contributed by atoms with van der Waals surface area (Å²) < 4.78 is 13.6. The lowest BCUT2D eigenvalue weighted by atomic mass is 10.1. The lowest BCUT2D eigenvalue weighted by Crippen LogP contribution is -2.13. The fourth-order valence-electron chi connectivity index (χ4n) is 1.71. The third kappa shape index (κ3) is 2.91. The van der Waals surface area contributed by atoms with Crippen molar-refractivity contribution in [2.75, 3.05) is 5.32 Å². The van der Waals surface area contributed by atoms with Crippen LogP contribution < -0.4 is 5.32 Å². The van der Waals surface area contributed by atoms with Crippen LogP contribution in [0.1, 0.15) is 21.5 Å². The van der Waals surface area contributed by atoms with E-state index in [4.69, 9.17) is 11.6 Å². The number of amides is 1. The molecule has 0 atom stereocenters. The highest BCUT2D eigenvalue weighted by Crippen LogP contribution is 2.29. The van der Waals surface area contributed by atoms with Crippen LogP contribution in [0.4, 0.5) is 10.1 Å². The highest BCUT2D eigenvalue weighted by Gasteiger charge is 2.12. The van der Waals surface area contributed by atoms with Crippen molar-refractivity contribution < 1.29 is 14.3 Å². The molecule has 2 aromatic carbocycles. The molecule has 0 fully saturated rings. The fraction of sp³-hybridized carbons (Fsp3) is 0.133. The number of phenols is 1. The van der Waals surface area contributed by atoms with E-state index in [1.165, 1.54) is 6.07 Å². The number of hydrogen-bond acceptors (Lipinski definition) is 2. The maximum Gasteiger partial charge on any atom is 0.255 e. The zero-order chi connectivity index (χ0) is 14.9. The molecule has 0 heterocycles. The Balaban J connectivity index is 2.27. The monoisotopic (exact) mass is 293 g/mol. The van der Waals surface area contributed by atoms with Crippen molar-refractivity contribution in [1.29, 1.82) is 0 Å². The summed E-state index contributed by atoms with van der Waals surface area (Å²) in [4.78, 5) is 12.0. The minimum Gasteiger partial charge on any atom is -0.506 e. The van der Waals surface area contributed by atoms with Gasteiger partial charge in [0, 0.05) is 11.6 Å². The van der Waals surface area contributed by atoms with Crippen LogP contribution in [0.3, 0.4) is 0 Å². The molecule has 0 unspecified atom stereocenters. The van der Waals surface area contributed by atoms with E-state index in [9.17, 15) is 14.3 Å². The van der Waals surface area contributed by atoms with Crippen LogP contribution in [0, 0.1) is 19.7 Å². The summed E-state index contributed by atoms with van der Waals surface area (Å²) in [6, 6.07) is 7.25. The summed E-state index contributed by atoms with van der Waals surface area (Å²) in [6.45, 7) is 3.83. The molecule has 0 aromatic heterocycles. The Morgan fingerprint density at radius 3 is 2.55 bits per heavy atom. The lowest BCUT2D eigenvalue weighted by molar-refractivity contribution is 0.102. The number of carbonyl (C=O) groups is 1. The van der Waals surface area contributed by atoms with E-state index in [2.05, 4.69) is 5.32 Å². The minimum atomic E-state index is -0.746. The van der Waals surface area contributed by atoms with E-state index in [-0.39, 0.29) is 16.5 Å². The molecule has 2 rings (SSSR count). The Labute approximate surface area is 121 Å². The first-order valence-corrected chi connectivity index (χ1v) is 6.33. The zero-order valence-corrected chi connectivity index (χ0v) is 11.8. The Hall–Kier alpha value is -2.07. The van der Waals surface area contributed by atoms with Crippen LogP contribution in [0.15, 0.2) is 30.3 Å². The number of benzene rings is 2. The normalized spacial score (nSPS) is 10.4. The summed E-state index contributed by atoms with van der Waals surface area (Å²) in [5.41, 5.74) is 2.40. The van der Waals surface area contributed by atoms with Crippen molar-refractivity contribution >= 4 is 23.2 Å². The third-order valence-corrected chi connectivity index (χ3v) is 3.36. The van der Waals surface area contributed by atoms with Crippen LogP contribution in [0.5, 0.6) is 5.75 Å². The molecule has 1 amide bonds. The average molecular weight is 294 g/mol. The minimum absolute atomic E-state index is 0.0261. The number of nitrogens with one attached hydrogen (secondary N) is 1. The van der Waals surface area contributed by atoms with Gasteiger partial charge in [0.25, 0.3) is 5.91 Å². The van der Waals surface area contributed by atoms with E-state index in [0.717, 1.165) is 17.2 Å². The van der Waals surface area contributed by atoms with Gasteiger partial charge in [-0.3, -0.25) is 4.79 Å². The summed E-state index contributed by atoms with van der Waals surface area (Å²) in [5.74, 6) is -1.55. The summed E-state index contributed by atoms with van der Waals surface area (Å²) in [6.07, 6.45) is 0. The van der Waals surface area contributed by atoms with Crippen molar-refractivity contribution in [3.8, 4) is 5.75 Å². The van der Waals surface area contributed by atoms with Gasteiger partial charge in [-0.25, -0.2) is 4.39 Å². The largest absolute Gasteiger partial charge is 0.506 e. The third-order valence-electron chi connectivity index (χ3n) is 3.05. The van der Waals surface area contributed by atoms with Crippen molar-refractivity contribution in [1.82, 2.24) is 0 Å². The molecule has 0 saturated heterocycles. The molecule has 0 radical (unpaired) electrons. The quantitative estimate of drug-likeness (QED) is 0.821. The van der Waals surface area contributed by atoms with Gasteiger partial charge in [0.2, 0.25) is 0 Å². The molecule has 104 valence electrons. The first-order chi connectivity index (χ1) is 9.38. The molecule has 5 heteroatoms. The molecular weight excluding hydrogens is 281 g/mol.